The van der Waals surface area contributed by atoms with E-state index in [1.54, 1.807) is 12.1 Å². The van der Waals surface area contributed by atoms with Crippen molar-refractivity contribution in [2.75, 3.05) is 23.4 Å². The number of benzene rings is 2. The smallest absolute Gasteiger partial charge is 0.419 e. The molecule has 0 spiro atoms. The van der Waals surface area contributed by atoms with Gasteiger partial charge >= 0.3 is 6.18 Å². The molecule has 2 aromatic heterocycles. The molecule has 0 atom stereocenters. The number of carbonyl (C=O) groups excluding carboxylic acids is 1. The number of nitrogens with one attached hydrogen (secondary N) is 1. The van der Waals surface area contributed by atoms with E-state index in [1.165, 1.54) is 13.0 Å². The molecule has 0 fully saturated rings. The van der Waals surface area contributed by atoms with Crippen molar-refractivity contribution >= 4 is 44.8 Å². The molecule has 0 saturated carbocycles. The molecule has 34 heavy (non-hydrogen) atoms. The van der Waals surface area contributed by atoms with E-state index in [9.17, 15) is 22.8 Å². The third kappa shape index (κ3) is 3.77. The number of para-hydroxylation sites is 1. The third-order valence-corrected chi connectivity index (χ3v) is 6.18. The first kappa shape index (κ1) is 22.0. The lowest BCUT2D eigenvalue weighted by atomic mass is 10.1. The lowest BCUT2D eigenvalue weighted by Crippen LogP contribution is -2.29. The van der Waals surface area contributed by atoms with Gasteiger partial charge in [0, 0.05) is 18.0 Å². The summed E-state index contributed by atoms with van der Waals surface area (Å²) in [7, 11) is 0. The number of aromatic nitrogens is 2. The summed E-state index contributed by atoms with van der Waals surface area (Å²) >= 11 is 0.749. The van der Waals surface area contributed by atoms with Crippen LogP contribution in [-0.2, 0) is 11.0 Å². The Balaban J connectivity index is 1.78. The number of fused-ring (bicyclic) bond motifs is 2. The SMILES string of the molecule is CC(=O)Nc1nc2scc(C(F)(F)F)c2n(-c2ccc3c(c2)N(c2ccccc2)CCO3)c1=O. The van der Waals surface area contributed by atoms with Crippen LogP contribution in [0.4, 0.5) is 30.4 Å². The van der Waals surface area contributed by atoms with Crippen LogP contribution in [-0.4, -0.2) is 28.6 Å². The van der Waals surface area contributed by atoms with Crippen LogP contribution < -0.4 is 20.5 Å². The van der Waals surface area contributed by atoms with E-state index in [-0.39, 0.29) is 21.9 Å². The molecule has 0 unspecified atom stereocenters. The highest BCUT2D eigenvalue weighted by molar-refractivity contribution is 7.16. The zero-order valence-corrected chi connectivity index (χ0v) is 18.5. The summed E-state index contributed by atoms with van der Waals surface area (Å²) in [6.45, 7) is 2.14. The van der Waals surface area contributed by atoms with Crippen molar-refractivity contribution in [1.82, 2.24) is 9.55 Å². The molecule has 0 radical (unpaired) electrons. The van der Waals surface area contributed by atoms with Crippen LogP contribution >= 0.6 is 11.3 Å². The van der Waals surface area contributed by atoms with E-state index in [4.69, 9.17) is 4.74 Å². The fourth-order valence-electron chi connectivity index (χ4n) is 3.91. The van der Waals surface area contributed by atoms with Crippen LogP contribution in [0.2, 0.25) is 0 Å². The van der Waals surface area contributed by atoms with Gasteiger partial charge in [0.15, 0.2) is 0 Å². The molecule has 11 heteroatoms. The quantitative estimate of drug-likeness (QED) is 0.443. The van der Waals surface area contributed by atoms with Crippen LogP contribution in [0.15, 0.2) is 58.7 Å². The lowest BCUT2D eigenvalue weighted by Gasteiger charge is -2.31. The maximum Gasteiger partial charge on any atom is 0.419 e. The molecule has 0 bridgehead atoms. The standard InChI is InChI=1S/C23H17F3N4O3S/c1-13(31)27-20-22(32)30(19-16(23(24,25)26)12-34-21(19)28-20)15-7-8-18-17(11-15)29(9-10-33-18)14-5-3-2-4-6-14/h2-8,11-12H,9-10H2,1H3,(H,27,28,31). The van der Waals surface area contributed by atoms with E-state index in [0.717, 1.165) is 27.0 Å². The maximum absolute atomic E-state index is 13.8. The van der Waals surface area contributed by atoms with Crippen LogP contribution in [0.1, 0.15) is 12.5 Å². The molecule has 0 aliphatic carbocycles. The number of hydrogen-bond acceptors (Lipinski definition) is 6. The van der Waals surface area contributed by atoms with E-state index in [0.29, 0.717) is 24.6 Å². The molecule has 1 aliphatic rings. The molecule has 0 saturated heterocycles. The molecule has 7 nitrogen and oxygen atoms in total. The second-order valence-electron chi connectivity index (χ2n) is 7.57. The predicted molar refractivity (Wildman–Crippen MR) is 123 cm³/mol. The van der Waals surface area contributed by atoms with E-state index < -0.39 is 23.2 Å². The summed E-state index contributed by atoms with van der Waals surface area (Å²) in [6, 6.07) is 14.2. The van der Waals surface area contributed by atoms with Gasteiger partial charge in [-0.1, -0.05) is 18.2 Å². The first-order valence-electron chi connectivity index (χ1n) is 10.2. The average molecular weight is 486 g/mol. The number of ether oxygens (including phenoxy) is 1. The van der Waals surface area contributed by atoms with Crippen molar-refractivity contribution in [1.29, 1.82) is 0 Å². The third-order valence-electron chi connectivity index (χ3n) is 5.32. The van der Waals surface area contributed by atoms with Gasteiger partial charge in [0.25, 0.3) is 5.56 Å². The Kier molecular flexibility index (Phi) is 5.28. The molecule has 5 rings (SSSR count). The highest BCUT2D eigenvalue weighted by Crippen LogP contribution is 2.41. The molecule has 4 aromatic rings. The number of nitrogens with zero attached hydrogens (tertiary/aromatic N) is 3. The van der Waals surface area contributed by atoms with Crippen LogP contribution in [0.3, 0.4) is 0 Å². The summed E-state index contributed by atoms with van der Waals surface area (Å²) < 4.78 is 48.1. The number of halogens is 3. The minimum Gasteiger partial charge on any atom is -0.490 e. The van der Waals surface area contributed by atoms with Gasteiger partial charge in [0.1, 0.15) is 17.2 Å². The van der Waals surface area contributed by atoms with Crippen molar-refractivity contribution in [2.45, 2.75) is 13.1 Å². The van der Waals surface area contributed by atoms with Crippen LogP contribution in [0.25, 0.3) is 16.0 Å². The normalized spacial score (nSPS) is 13.5. The zero-order valence-electron chi connectivity index (χ0n) is 17.7. The van der Waals surface area contributed by atoms with Crippen molar-refractivity contribution in [3.63, 3.8) is 0 Å². The Labute approximate surface area is 195 Å². The van der Waals surface area contributed by atoms with Gasteiger partial charge < -0.3 is 15.0 Å². The van der Waals surface area contributed by atoms with Crippen molar-refractivity contribution in [2.24, 2.45) is 0 Å². The minimum absolute atomic E-state index is 0.0236. The molecule has 1 aliphatic heterocycles. The number of anilines is 3. The van der Waals surface area contributed by atoms with Gasteiger partial charge in [-0.3, -0.25) is 14.2 Å². The van der Waals surface area contributed by atoms with Crippen molar-refractivity contribution < 1.29 is 22.7 Å². The van der Waals surface area contributed by atoms with E-state index in [1.807, 2.05) is 35.2 Å². The number of hydrogen-bond donors (Lipinski definition) is 1. The van der Waals surface area contributed by atoms with Crippen molar-refractivity contribution in [3.05, 3.63) is 69.8 Å². The number of amides is 1. The Hall–Kier alpha value is -3.86. The average Bonchev–Trinajstić information content (AvgIpc) is 3.23. The van der Waals surface area contributed by atoms with Gasteiger partial charge in [-0.25, -0.2) is 4.98 Å². The molecule has 2 aromatic carbocycles. The Morgan fingerprint density at radius 3 is 2.62 bits per heavy atom. The molecule has 1 N–H and O–H groups in total. The molecule has 3 heterocycles. The highest BCUT2D eigenvalue weighted by Gasteiger charge is 2.36. The molecular formula is C23H17F3N4O3S. The highest BCUT2D eigenvalue weighted by atomic mass is 32.1. The lowest BCUT2D eigenvalue weighted by molar-refractivity contribution is -0.136. The van der Waals surface area contributed by atoms with Gasteiger partial charge in [-0.2, -0.15) is 13.2 Å². The fourth-order valence-corrected chi connectivity index (χ4v) is 4.84. The summed E-state index contributed by atoms with van der Waals surface area (Å²) in [4.78, 5) is 30.9. The van der Waals surface area contributed by atoms with Gasteiger partial charge in [0.05, 0.1) is 29.0 Å². The van der Waals surface area contributed by atoms with Gasteiger partial charge in [0.2, 0.25) is 11.7 Å². The topological polar surface area (TPSA) is 76.5 Å². The number of rotatable bonds is 3. The second-order valence-corrected chi connectivity index (χ2v) is 8.43. The summed E-state index contributed by atoms with van der Waals surface area (Å²) in [5.41, 5.74) is -0.522. The minimum atomic E-state index is -4.70. The first-order valence-corrected chi connectivity index (χ1v) is 11.1. The van der Waals surface area contributed by atoms with Crippen LogP contribution in [0, 0.1) is 0 Å². The fraction of sp³-hybridized carbons (Fsp3) is 0.174. The number of carbonyl (C=O) groups is 1. The molecule has 1 amide bonds. The van der Waals surface area contributed by atoms with Crippen molar-refractivity contribution in [3.8, 4) is 11.4 Å². The monoisotopic (exact) mass is 486 g/mol. The Morgan fingerprint density at radius 1 is 1.15 bits per heavy atom. The van der Waals surface area contributed by atoms with E-state index >= 15 is 0 Å². The Morgan fingerprint density at radius 2 is 1.91 bits per heavy atom. The zero-order chi connectivity index (χ0) is 24.0. The van der Waals surface area contributed by atoms with Crippen LogP contribution in [0.5, 0.6) is 5.75 Å². The predicted octanol–water partition coefficient (Wildman–Crippen LogP) is 4.95. The summed E-state index contributed by atoms with van der Waals surface area (Å²) in [6.07, 6.45) is -4.70. The summed E-state index contributed by atoms with van der Waals surface area (Å²) in [5.74, 6) is -0.359. The second kappa shape index (κ2) is 8.17. The first-order chi connectivity index (χ1) is 16.2. The summed E-state index contributed by atoms with van der Waals surface area (Å²) in [5, 5.41) is 3.25. The van der Waals surface area contributed by atoms with Gasteiger partial charge in [-0.05, 0) is 30.3 Å². The number of alkyl halides is 3. The number of thiophene rings is 1. The van der Waals surface area contributed by atoms with E-state index in [2.05, 4.69) is 10.3 Å². The molecular weight excluding hydrogens is 469 g/mol. The largest absolute Gasteiger partial charge is 0.490 e. The maximum atomic E-state index is 13.8. The van der Waals surface area contributed by atoms with Gasteiger partial charge in [-0.15, -0.1) is 11.3 Å². The molecule has 174 valence electrons. The Bertz CT molecular complexity index is 1460.